The molecule has 138 valence electrons. The van der Waals surface area contributed by atoms with Crippen LogP contribution in [0.4, 0.5) is 0 Å². The molecular formula is C17H24N2O5S. The van der Waals surface area contributed by atoms with Crippen molar-refractivity contribution in [2.24, 2.45) is 0 Å². The Kier molecular flexibility index (Phi) is 8.30. The van der Waals surface area contributed by atoms with E-state index in [0.29, 0.717) is 13.1 Å². The van der Waals surface area contributed by atoms with Crippen molar-refractivity contribution in [2.45, 2.75) is 32.2 Å². The van der Waals surface area contributed by atoms with Crippen LogP contribution in [0.2, 0.25) is 0 Å². The molecule has 7 nitrogen and oxygen atoms in total. The fourth-order valence-corrected chi connectivity index (χ4v) is 3.52. The number of amides is 1. The summed E-state index contributed by atoms with van der Waals surface area (Å²) in [6, 6.07) is 6.31. The molecule has 0 aromatic heterocycles. The van der Waals surface area contributed by atoms with Crippen LogP contribution in [0.15, 0.2) is 41.3 Å². The van der Waals surface area contributed by atoms with Gasteiger partial charge in [0.05, 0.1) is 4.90 Å². The number of ether oxygens (including phenoxy) is 1. The van der Waals surface area contributed by atoms with Crippen LogP contribution in [0.25, 0.3) is 0 Å². The summed E-state index contributed by atoms with van der Waals surface area (Å²) in [6.07, 6.45) is 2.75. The van der Waals surface area contributed by atoms with Crippen molar-refractivity contribution in [3.05, 3.63) is 42.0 Å². The molecule has 0 saturated heterocycles. The summed E-state index contributed by atoms with van der Waals surface area (Å²) in [7, 11) is -3.49. The van der Waals surface area contributed by atoms with Crippen LogP contribution in [-0.2, 0) is 30.9 Å². The van der Waals surface area contributed by atoms with Gasteiger partial charge in [0, 0.05) is 25.7 Å². The molecule has 0 radical (unpaired) electrons. The van der Waals surface area contributed by atoms with E-state index in [1.54, 1.807) is 32.9 Å². The third-order valence-electron chi connectivity index (χ3n) is 3.40. The van der Waals surface area contributed by atoms with E-state index in [1.165, 1.54) is 28.6 Å². The van der Waals surface area contributed by atoms with Crippen molar-refractivity contribution < 1.29 is 22.7 Å². The molecule has 0 spiro atoms. The molecule has 1 rings (SSSR count). The van der Waals surface area contributed by atoms with E-state index >= 15 is 0 Å². The number of esters is 1. The summed E-state index contributed by atoms with van der Waals surface area (Å²) < 4.78 is 30.9. The summed E-state index contributed by atoms with van der Waals surface area (Å²) in [5.74, 6) is -1.01. The van der Waals surface area contributed by atoms with Crippen LogP contribution >= 0.6 is 0 Å². The lowest BCUT2D eigenvalue weighted by Gasteiger charge is -2.18. The molecule has 1 aromatic rings. The standard InChI is InChI=1S/C17H24N2O5S/c1-4-7-17(21)24-13-16(20)18-12-14-8-10-15(11-9-14)25(22,23)19(5-2)6-3/h4,7-11H,5-6,12-13H2,1-3H3,(H,18,20)/b7-4+. The minimum absolute atomic E-state index is 0.214. The summed E-state index contributed by atoms with van der Waals surface area (Å²) in [5, 5.41) is 2.60. The maximum absolute atomic E-state index is 12.4. The lowest BCUT2D eigenvalue weighted by atomic mass is 10.2. The van der Waals surface area contributed by atoms with E-state index in [9.17, 15) is 18.0 Å². The van der Waals surface area contributed by atoms with E-state index in [2.05, 4.69) is 5.32 Å². The highest BCUT2D eigenvalue weighted by Gasteiger charge is 2.21. The predicted molar refractivity (Wildman–Crippen MR) is 94.2 cm³/mol. The number of nitrogens with one attached hydrogen (secondary N) is 1. The third kappa shape index (κ3) is 6.32. The summed E-state index contributed by atoms with van der Waals surface area (Å²) >= 11 is 0. The van der Waals surface area contributed by atoms with Gasteiger partial charge in [0.25, 0.3) is 5.91 Å². The maximum Gasteiger partial charge on any atom is 0.330 e. The van der Waals surface area contributed by atoms with Crippen LogP contribution in [0.1, 0.15) is 26.3 Å². The summed E-state index contributed by atoms with van der Waals surface area (Å²) in [4.78, 5) is 22.9. The van der Waals surface area contributed by atoms with Crippen LogP contribution in [0.3, 0.4) is 0 Å². The van der Waals surface area contributed by atoms with E-state index in [-0.39, 0.29) is 18.0 Å². The molecule has 8 heteroatoms. The molecule has 25 heavy (non-hydrogen) atoms. The van der Waals surface area contributed by atoms with Crippen molar-refractivity contribution >= 4 is 21.9 Å². The molecule has 0 atom stereocenters. The first kappa shape index (κ1) is 20.9. The second kappa shape index (κ2) is 9.95. The first-order chi connectivity index (χ1) is 11.8. The van der Waals surface area contributed by atoms with Gasteiger partial charge < -0.3 is 10.1 Å². The van der Waals surface area contributed by atoms with Gasteiger partial charge in [0.2, 0.25) is 10.0 Å². The molecule has 0 heterocycles. The van der Waals surface area contributed by atoms with E-state index < -0.39 is 21.9 Å². The number of nitrogens with zero attached hydrogens (tertiary/aromatic N) is 1. The van der Waals surface area contributed by atoms with Crippen molar-refractivity contribution in [1.82, 2.24) is 9.62 Å². The summed E-state index contributed by atoms with van der Waals surface area (Å²) in [6.45, 7) is 5.90. The number of carbonyl (C=O) groups excluding carboxylic acids is 2. The largest absolute Gasteiger partial charge is 0.452 e. The molecule has 0 unspecified atom stereocenters. The number of benzene rings is 1. The van der Waals surface area contributed by atoms with Gasteiger partial charge >= 0.3 is 5.97 Å². The summed E-state index contributed by atoms with van der Waals surface area (Å²) in [5.41, 5.74) is 0.742. The van der Waals surface area contributed by atoms with E-state index in [4.69, 9.17) is 4.74 Å². The monoisotopic (exact) mass is 368 g/mol. The fourth-order valence-electron chi connectivity index (χ4n) is 2.06. The minimum Gasteiger partial charge on any atom is -0.452 e. The number of allylic oxidation sites excluding steroid dienone is 1. The molecule has 0 aliphatic rings. The van der Waals surface area contributed by atoms with Gasteiger partial charge in [0.1, 0.15) is 0 Å². The predicted octanol–water partition coefficient (Wildman–Crippen LogP) is 1.45. The maximum atomic E-state index is 12.4. The molecule has 1 amide bonds. The second-order valence-corrected chi connectivity index (χ2v) is 7.06. The molecule has 0 fully saturated rings. The lowest BCUT2D eigenvalue weighted by molar-refractivity contribution is -0.143. The molecule has 1 N–H and O–H groups in total. The van der Waals surface area contributed by atoms with Gasteiger partial charge in [-0.25, -0.2) is 13.2 Å². The Morgan fingerprint density at radius 1 is 1.16 bits per heavy atom. The molecule has 0 saturated carbocycles. The molecule has 0 aliphatic heterocycles. The molecular weight excluding hydrogens is 344 g/mol. The first-order valence-electron chi connectivity index (χ1n) is 8.00. The van der Waals surface area contributed by atoms with Crippen LogP contribution in [0.5, 0.6) is 0 Å². The smallest absolute Gasteiger partial charge is 0.330 e. The average molecular weight is 368 g/mol. The topological polar surface area (TPSA) is 92.8 Å². The quantitative estimate of drug-likeness (QED) is 0.526. The Bertz CT molecular complexity index is 707. The Labute approximate surface area is 148 Å². The Hall–Kier alpha value is -2.19. The minimum atomic E-state index is -3.49. The molecule has 0 bridgehead atoms. The second-order valence-electron chi connectivity index (χ2n) is 5.12. The average Bonchev–Trinajstić information content (AvgIpc) is 2.59. The normalized spacial score (nSPS) is 11.7. The first-order valence-corrected chi connectivity index (χ1v) is 9.44. The Morgan fingerprint density at radius 2 is 1.76 bits per heavy atom. The van der Waals surface area contributed by atoms with E-state index in [1.807, 2.05) is 0 Å². The highest BCUT2D eigenvalue weighted by molar-refractivity contribution is 7.89. The van der Waals surface area contributed by atoms with Crippen LogP contribution < -0.4 is 5.32 Å². The van der Waals surface area contributed by atoms with Crippen molar-refractivity contribution in [1.29, 1.82) is 0 Å². The van der Waals surface area contributed by atoms with Crippen molar-refractivity contribution in [2.75, 3.05) is 19.7 Å². The van der Waals surface area contributed by atoms with Crippen molar-refractivity contribution in [3.63, 3.8) is 0 Å². The highest BCUT2D eigenvalue weighted by atomic mass is 32.2. The fraction of sp³-hybridized carbons (Fsp3) is 0.412. The number of hydrogen-bond acceptors (Lipinski definition) is 5. The van der Waals surface area contributed by atoms with Crippen LogP contribution in [0, 0.1) is 0 Å². The number of rotatable bonds is 9. The van der Waals surface area contributed by atoms with Gasteiger partial charge in [-0.15, -0.1) is 0 Å². The number of sulfonamides is 1. The van der Waals surface area contributed by atoms with Crippen molar-refractivity contribution in [3.8, 4) is 0 Å². The van der Waals surface area contributed by atoms with E-state index in [0.717, 1.165) is 5.56 Å². The zero-order chi connectivity index (χ0) is 18.9. The zero-order valence-electron chi connectivity index (χ0n) is 14.7. The lowest BCUT2D eigenvalue weighted by Crippen LogP contribution is -2.30. The molecule has 1 aromatic carbocycles. The third-order valence-corrected chi connectivity index (χ3v) is 5.47. The van der Waals surface area contributed by atoms with Gasteiger partial charge in [-0.05, 0) is 24.6 Å². The highest BCUT2D eigenvalue weighted by Crippen LogP contribution is 2.16. The zero-order valence-corrected chi connectivity index (χ0v) is 15.5. The molecule has 0 aliphatic carbocycles. The number of carbonyl (C=O) groups is 2. The Balaban J connectivity index is 2.60. The SMILES string of the molecule is C/C=C/C(=O)OCC(=O)NCc1ccc(S(=O)(=O)N(CC)CC)cc1. The number of hydrogen-bond donors (Lipinski definition) is 1. The van der Waals surface area contributed by atoms with Gasteiger partial charge in [-0.2, -0.15) is 4.31 Å². The van der Waals surface area contributed by atoms with Crippen LogP contribution in [-0.4, -0.2) is 44.3 Å². The van der Waals surface area contributed by atoms with Gasteiger partial charge in [-0.3, -0.25) is 4.79 Å². The Morgan fingerprint density at radius 3 is 2.28 bits per heavy atom. The van der Waals surface area contributed by atoms with Gasteiger partial charge in [-0.1, -0.05) is 32.1 Å². The van der Waals surface area contributed by atoms with Gasteiger partial charge in [0.15, 0.2) is 6.61 Å².